The number of fused-ring (bicyclic) bond motifs is 1. The lowest BCUT2D eigenvalue weighted by Gasteiger charge is -2.13. The summed E-state index contributed by atoms with van der Waals surface area (Å²) in [6.45, 7) is 2.01. The fourth-order valence-electron chi connectivity index (χ4n) is 2.78. The molecule has 6 heteroatoms. The van der Waals surface area contributed by atoms with Gasteiger partial charge in [-0.15, -0.1) is 0 Å². The van der Waals surface area contributed by atoms with Gasteiger partial charge in [0.15, 0.2) is 0 Å². The van der Waals surface area contributed by atoms with Crippen LogP contribution in [0.1, 0.15) is 31.0 Å². The molecule has 0 spiro atoms. The van der Waals surface area contributed by atoms with E-state index < -0.39 is 11.7 Å². The van der Waals surface area contributed by atoms with Gasteiger partial charge in [0, 0.05) is 6.20 Å². The minimum absolute atomic E-state index is 0.0191. The van der Waals surface area contributed by atoms with Crippen LogP contribution in [-0.2, 0) is 12.6 Å². The molecule has 0 aliphatic heterocycles. The number of aryl methyl sites for hydroxylation is 1. The number of rotatable bonds is 4. The topological polar surface area (TPSA) is 34.4 Å². The molecular formula is C19H17F3N2O. The normalized spacial score (nSPS) is 11.8. The van der Waals surface area contributed by atoms with Crippen LogP contribution in [0.25, 0.3) is 16.8 Å². The van der Waals surface area contributed by atoms with Gasteiger partial charge in [-0.2, -0.15) is 13.2 Å². The maximum absolute atomic E-state index is 12.9. The predicted molar refractivity (Wildman–Crippen MR) is 90.5 cm³/mol. The summed E-state index contributed by atoms with van der Waals surface area (Å²) in [5, 5.41) is 0. The van der Waals surface area contributed by atoms with Gasteiger partial charge in [-0.05, 0) is 30.5 Å². The average Bonchev–Trinajstić information content (AvgIpc) is 2.59. The van der Waals surface area contributed by atoms with Crippen LogP contribution < -0.4 is 5.56 Å². The zero-order valence-electron chi connectivity index (χ0n) is 13.7. The molecule has 1 aromatic carbocycles. The molecule has 0 unspecified atom stereocenters. The number of halogens is 3. The average molecular weight is 346 g/mol. The van der Waals surface area contributed by atoms with Crippen molar-refractivity contribution >= 4 is 5.65 Å². The second kappa shape index (κ2) is 6.70. The molecule has 2 heterocycles. The molecule has 0 radical (unpaired) electrons. The maximum Gasteiger partial charge on any atom is 0.416 e. The Labute approximate surface area is 142 Å². The van der Waals surface area contributed by atoms with Crippen molar-refractivity contribution in [2.24, 2.45) is 0 Å². The van der Waals surface area contributed by atoms with Crippen molar-refractivity contribution in [1.82, 2.24) is 9.38 Å². The van der Waals surface area contributed by atoms with E-state index in [4.69, 9.17) is 0 Å². The molecule has 130 valence electrons. The quantitative estimate of drug-likeness (QED) is 0.685. The first-order chi connectivity index (χ1) is 11.9. The van der Waals surface area contributed by atoms with Gasteiger partial charge in [0.25, 0.3) is 5.56 Å². The number of pyridine rings is 1. The Morgan fingerprint density at radius 3 is 2.48 bits per heavy atom. The number of aromatic nitrogens is 2. The molecule has 2 aromatic heterocycles. The molecule has 3 aromatic rings. The predicted octanol–water partition coefficient (Wildman–Crippen LogP) is 4.72. The van der Waals surface area contributed by atoms with Gasteiger partial charge in [0.1, 0.15) is 5.65 Å². The molecule has 0 saturated heterocycles. The zero-order chi connectivity index (χ0) is 18.0. The lowest BCUT2D eigenvalue weighted by Crippen LogP contribution is -2.21. The van der Waals surface area contributed by atoms with Crippen LogP contribution in [0.5, 0.6) is 0 Å². The van der Waals surface area contributed by atoms with Crippen LogP contribution in [-0.4, -0.2) is 9.38 Å². The number of nitrogens with zero attached hydrogens (tertiary/aromatic N) is 2. The third-order valence-electron chi connectivity index (χ3n) is 4.06. The van der Waals surface area contributed by atoms with E-state index in [1.165, 1.54) is 4.40 Å². The van der Waals surface area contributed by atoms with Crippen molar-refractivity contribution in [1.29, 1.82) is 0 Å². The lowest BCUT2D eigenvalue weighted by atomic mass is 10.0. The highest BCUT2D eigenvalue weighted by Crippen LogP contribution is 2.30. The summed E-state index contributed by atoms with van der Waals surface area (Å²) >= 11 is 0. The smallest absolute Gasteiger partial charge is 0.268 e. The first-order valence-corrected chi connectivity index (χ1v) is 8.09. The summed E-state index contributed by atoms with van der Waals surface area (Å²) in [7, 11) is 0. The first-order valence-electron chi connectivity index (χ1n) is 8.09. The van der Waals surface area contributed by atoms with E-state index in [1.807, 2.05) is 37.3 Å². The summed E-state index contributed by atoms with van der Waals surface area (Å²) in [5.41, 5.74) is 0.569. The van der Waals surface area contributed by atoms with Crippen LogP contribution in [0, 0.1) is 0 Å². The molecule has 0 bridgehead atoms. The number of benzene rings is 1. The Hall–Kier alpha value is -2.63. The first kappa shape index (κ1) is 17.2. The van der Waals surface area contributed by atoms with Crippen molar-refractivity contribution < 1.29 is 13.2 Å². The summed E-state index contributed by atoms with van der Waals surface area (Å²) in [6.07, 6.45) is -1.08. The highest BCUT2D eigenvalue weighted by atomic mass is 19.4. The van der Waals surface area contributed by atoms with E-state index in [2.05, 4.69) is 4.98 Å². The highest BCUT2D eigenvalue weighted by molar-refractivity contribution is 5.66. The van der Waals surface area contributed by atoms with Crippen LogP contribution in [0.3, 0.4) is 0 Å². The van der Waals surface area contributed by atoms with Crippen molar-refractivity contribution in [3.05, 3.63) is 70.3 Å². The van der Waals surface area contributed by atoms with Crippen molar-refractivity contribution in [3.63, 3.8) is 0 Å². The van der Waals surface area contributed by atoms with Gasteiger partial charge < -0.3 is 0 Å². The molecule has 0 aliphatic rings. The molecule has 0 atom stereocenters. The summed E-state index contributed by atoms with van der Waals surface area (Å²) in [6, 6.07) is 10.9. The summed E-state index contributed by atoms with van der Waals surface area (Å²) in [4.78, 5) is 17.3. The van der Waals surface area contributed by atoms with Gasteiger partial charge in [-0.25, -0.2) is 4.98 Å². The van der Waals surface area contributed by atoms with Crippen LogP contribution >= 0.6 is 0 Å². The molecule has 3 rings (SSSR count). The zero-order valence-corrected chi connectivity index (χ0v) is 13.7. The number of hydrogen-bond donors (Lipinski definition) is 0. The van der Waals surface area contributed by atoms with E-state index in [0.717, 1.165) is 36.7 Å². The van der Waals surface area contributed by atoms with Crippen molar-refractivity contribution in [2.45, 2.75) is 32.4 Å². The third-order valence-corrected chi connectivity index (χ3v) is 4.06. The van der Waals surface area contributed by atoms with E-state index >= 15 is 0 Å². The van der Waals surface area contributed by atoms with E-state index in [-0.39, 0.29) is 11.2 Å². The van der Waals surface area contributed by atoms with Gasteiger partial charge in [0.2, 0.25) is 0 Å². The Balaban J connectivity index is 2.27. The van der Waals surface area contributed by atoms with Gasteiger partial charge in [-0.1, -0.05) is 43.7 Å². The lowest BCUT2D eigenvalue weighted by molar-refractivity contribution is -0.137. The minimum Gasteiger partial charge on any atom is -0.268 e. The highest BCUT2D eigenvalue weighted by Gasteiger charge is 2.31. The number of hydrogen-bond acceptors (Lipinski definition) is 2. The third kappa shape index (κ3) is 3.43. The number of alkyl halides is 3. The summed E-state index contributed by atoms with van der Waals surface area (Å²) < 4.78 is 40.0. The van der Waals surface area contributed by atoms with Gasteiger partial charge in [0.05, 0.1) is 16.8 Å². The fourth-order valence-corrected chi connectivity index (χ4v) is 2.78. The molecule has 0 amide bonds. The second-order valence-electron chi connectivity index (χ2n) is 5.85. The molecule has 0 saturated carbocycles. The molecule has 0 N–H and O–H groups in total. The van der Waals surface area contributed by atoms with Crippen molar-refractivity contribution in [2.75, 3.05) is 0 Å². The van der Waals surface area contributed by atoms with E-state index in [1.54, 1.807) is 0 Å². The Bertz CT molecular complexity index is 947. The Kier molecular flexibility index (Phi) is 4.61. The Morgan fingerprint density at radius 1 is 1.12 bits per heavy atom. The molecular weight excluding hydrogens is 329 g/mol. The molecule has 0 aliphatic carbocycles. The SMILES string of the molecule is CCCCc1nc2cc(C(F)(F)F)ccn2c(=O)c1-c1ccccc1. The van der Waals surface area contributed by atoms with Crippen molar-refractivity contribution in [3.8, 4) is 11.1 Å². The largest absolute Gasteiger partial charge is 0.416 e. The second-order valence-corrected chi connectivity index (χ2v) is 5.85. The molecule has 0 fully saturated rings. The molecule has 3 nitrogen and oxygen atoms in total. The van der Waals surface area contributed by atoms with Gasteiger partial charge >= 0.3 is 6.18 Å². The van der Waals surface area contributed by atoms with Crippen LogP contribution in [0.4, 0.5) is 13.2 Å². The standard InChI is InChI=1S/C19H17F3N2O/c1-2-3-9-15-17(13-7-5-4-6-8-13)18(25)24-11-10-14(19(20,21)22)12-16(24)23-15/h4-8,10-12H,2-3,9H2,1H3. The van der Waals surface area contributed by atoms with E-state index in [9.17, 15) is 18.0 Å². The van der Waals surface area contributed by atoms with Gasteiger partial charge in [-0.3, -0.25) is 9.20 Å². The fraction of sp³-hybridized carbons (Fsp3) is 0.263. The molecule has 25 heavy (non-hydrogen) atoms. The minimum atomic E-state index is -4.47. The Morgan fingerprint density at radius 2 is 1.84 bits per heavy atom. The van der Waals surface area contributed by atoms with Crippen LogP contribution in [0.2, 0.25) is 0 Å². The maximum atomic E-state index is 12.9. The monoisotopic (exact) mass is 346 g/mol. The van der Waals surface area contributed by atoms with Crippen LogP contribution in [0.15, 0.2) is 53.5 Å². The summed E-state index contributed by atoms with van der Waals surface area (Å²) in [5.74, 6) is 0. The number of unbranched alkanes of at least 4 members (excludes halogenated alkanes) is 1. The van der Waals surface area contributed by atoms with E-state index in [0.29, 0.717) is 17.7 Å².